The molecule has 1 unspecified atom stereocenters. The van der Waals surface area contributed by atoms with Gasteiger partial charge >= 0.3 is 0 Å². The molecule has 1 aliphatic carbocycles. The van der Waals surface area contributed by atoms with Crippen LogP contribution in [-0.2, 0) is 6.42 Å². The Morgan fingerprint density at radius 3 is 3.05 bits per heavy atom. The molecule has 2 aromatic rings. The van der Waals surface area contributed by atoms with E-state index < -0.39 is 0 Å². The molecule has 0 bridgehead atoms. The fraction of sp³-hybridized carbons (Fsp3) is 0.467. The van der Waals surface area contributed by atoms with Crippen molar-refractivity contribution >= 4 is 17.1 Å². The van der Waals surface area contributed by atoms with Crippen LogP contribution in [0, 0.1) is 0 Å². The van der Waals surface area contributed by atoms with Crippen LogP contribution in [0.4, 0.5) is 0 Å². The summed E-state index contributed by atoms with van der Waals surface area (Å²) in [6.07, 6.45) is 10.7. The van der Waals surface area contributed by atoms with Gasteiger partial charge in [-0.15, -0.1) is 11.3 Å². The number of ketones is 1. The monoisotopic (exact) mass is 274 g/mol. The summed E-state index contributed by atoms with van der Waals surface area (Å²) in [7, 11) is 0. The Hall–Kier alpha value is -1.42. The van der Waals surface area contributed by atoms with Crippen LogP contribution in [0.1, 0.15) is 58.8 Å². The predicted octanol–water partition coefficient (Wildman–Crippen LogP) is 3.85. The third-order valence-corrected chi connectivity index (χ3v) is 5.01. The highest BCUT2D eigenvalue weighted by atomic mass is 32.1. The molecule has 100 valence electrons. The molecule has 2 aromatic heterocycles. The average Bonchev–Trinajstić information content (AvgIpc) is 3.05. The van der Waals surface area contributed by atoms with Gasteiger partial charge in [0.25, 0.3) is 0 Å². The third-order valence-electron chi connectivity index (χ3n) is 3.71. The zero-order valence-corrected chi connectivity index (χ0v) is 11.9. The Balaban J connectivity index is 1.97. The second kappa shape index (κ2) is 5.29. The van der Waals surface area contributed by atoms with Gasteiger partial charge in [0.2, 0.25) is 0 Å². The minimum absolute atomic E-state index is 0.324. The highest BCUT2D eigenvalue weighted by molar-refractivity contribution is 7.12. The summed E-state index contributed by atoms with van der Waals surface area (Å²) < 4.78 is 2.16. The van der Waals surface area contributed by atoms with E-state index in [4.69, 9.17) is 0 Å². The second-order valence-corrected chi connectivity index (χ2v) is 6.25. The van der Waals surface area contributed by atoms with Crippen LogP contribution in [0.5, 0.6) is 0 Å². The van der Waals surface area contributed by atoms with Gasteiger partial charge in [0.1, 0.15) is 0 Å². The van der Waals surface area contributed by atoms with Gasteiger partial charge in [-0.1, -0.05) is 13.3 Å². The first-order valence-electron chi connectivity index (χ1n) is 6.93. The molecule has 0 aromatic carbocycles. The normalized spacial score (nSPS) is 16.4. The lowest BCUT2D eigenvalue weighted by Gasteiger charge is -2.15. The molecule has 0 saturated heterocycles. The average molecular weight is 274 g/mol. The summed E-state index contributed by atoms with van der Waals surface area (Å²) in [6.45, 7) is 2.20. The highest BCUT2D eigenvalue weighted by Gasteiger charge is 2.23. The molecule has 1 atom stereocenters. The van der Waals surface area contributed by atoms with E-state index in [-0.39, 0.29) is 0 Å². The number of aryl methyl sites for hydroxylation is 1. The van der Waals surface area contributed by atoms with Gasteiger partial charge in [-0.3, -0.25) is 4.79 Å². The van der Waals surface area contributed by atoms with E-state index in [2.05, 4.69) is 22.5 Å². The van der Waals surface area contributed by atoms with Gasteiger partial charge in [0.15, 0.2) is 5.78 Å². The summed E-state index contributed by atoms with van der Waals surface area (Å²) in [5.74, 6) is 0.324. The van der Waals surface area contributed by atoms with E-state index in [9.17, 15) is 4.79 Å². The Kier molecular flexibility index (Phi) is 3.51. The van der Waals surface area contributed by atoms with E-state index in [1.54, 1.807) is 0 Å². The Morgan fingerprint density at radius 2 is 2.37 bits per heavy atom. The Morgan fingerprint density at radius 1 is 1.47 bits per heavy atom. The van der Waals surface area contributed by atoms with Crippen molar-refractivity contribution in [2.75, 3.05) is 0 Å². The number of imidazole rings is 1. The molecule has 4 heteroatoms. The van der Waals surface area contributed by atoms with Gasteiger partial charge < -0.3 is 4.57 Å². The quantitative estimate of drug-likeness (QED) is 0.848. The van der Waals surface area contributed by atoms with Crippen molar-refractivity contribution < 1.29 is 4.79 Å². The fourth-order valence-electron chi connectivity index (χ4n) is 2.75. The molecule has 2 heterocycles. The third kappa shape index (κ3) is 2.37. The molecule has 0 aliphatic heterocycles. The largest absolute Gasteiger partial charge is 0.329 e. The van der Waals surface area contributed by atoms with E-state index in [0.717, 1.165) is 31.2 Å². The molecule has 0 spiro atoms. The van der Waals surface area contributed by atoms with Crippen LogP contribution < -0.4 is 0 Å². The minimum Gasteiger partial charge on any atom is -0.329 e. The van der Waals surface area contributed by atoms with Gasteiger partial charge in [0, 0.05) is 34.1 Å². The number of carbonyl (C=O) groups is 1. The number of nitrogens with zero attached hydrogens (tertiary/aromatic N) is 2. The molecule has 0 N–H and O–H groups in total. The van der Waals surface area contributed by atoms with Gasteiger partial charge in [-0.25, -0.2) is 4.98 Å². The van der Waals surface area contributed by atoms with Crippen LogP contribution in [-0.4, -0.2) is 15.3 Å². The number of aromatic nitrogens is 2. The van der Waals surface area contributed by atoms with Crippen molar-refractivity contribution in [1.82, 2.24) is 9.55 Å². The van der Waals surface area contributed by atoms with E-state index in [1.807, 2.05) is 30.1 Å². The number of fused-ring (bicyclic) bond motifs is 1. The first-order chi connectivity index (χ1) is 9.29. The second-order valence-electron chi connectivity index (χ2n) is 5.08. The number of carbonyl (C=O) groups excluding carboxylic acids is 1. The molecular formula is C15H18N2OS. The topological polar surface area (TPSA) is 34.9 Å². The van der Waals surface area contributed by atoms with Crippen molar-refractivity contribution in [3.05, 3.63) is 40.1 Å². The predicted molar refractivity (Wildman–Crippen MR) is 76.9 cm³/mol. The van der Waals surface area contributed by atoms with Crippen LogP contribution in [0.15, 0.2) is 24.8 Å². The summed E-state index contributed by atoms with van der Waals surface area (Å²) in [5, 5.41) is 0. The summed E-state index contributed by atoms with van der Waals surface area (Å²) in [5.41, 5.74) is 0.979. The van der Waals surface area contributed by atoms with Crippen molar-refractivity contribution in [2.45, 2.75) is 45.1 Å². The number of Topliss-reactive ketones (excluding diaryl/α,β-unsaturated/α-hetero) is 1. The minimum atomic E-state index is 0.324. The summed E-state index contributed by atoms with van der Waals surface area (Å²) in [6, 6.07) is 2.46. The van der Waals surface area contributed by atoms with E-state index in [0.29, 0.717) is 18.2 Å². The first kappa shape index (κ1) is 12.6. The Labute approximate surface area is 117 Å². The molecule has 0 fully saturated rings. The number of hydrogen-bond acceptors (Lipinski definition) is 3. The maximum Gasteiger partial charge on any atom is 0.164 e. The molecule has 0 saturated carbocycles. The number of thiophene rings is 1. The summed E-state index contributed by atoms with van der Waals surface area (Å²) in [4.78, 5) is 18.7. The lowest BCUT2D eigenvalue weighted by Crippen LogP contribution is -2.08. The summed E-state index contributed by atoms with van der Waals surface area (Å²) >= 11 is 1.82. The van der Waals surface area contributed by atoms with E-state index in [1.165, 1.54) is 9.75 Å². The fourth-order valence-corrected chi connectivity index (χ4v) is 4.11. The maximum atomic E-state index is 12.0. The molecule has 0 radical (unpaired) electrons. The lowest BCUT2D eigenvalue weighted by atomic mass is 9.97. The number of rotatable bonds is 4. The van der Waals surface area contributed by atoms with Gasteiger partial charge in [-0.05, 0) is 25.3 Å². The van der Waals surface area contributed by atoms with Crippen LogP contribution in [0.2, 0.25) is 0 Å². The van der Waals surface area contributed by atoms with Crippen molar-refractivity contribution in [2.24, 2.45) is 0 Å². The Bertz CT molecular complexity index is 571. The zero-order valence-electron chi connectivity index (χ0n) is 11.1. The molecular weight excluding hydrogens is 256 g/mol. The van der Waals surface area contributed by atoms with Crippen molar-refractivity contribution in [1.29, 1.82) is 0 Å². The van der Waals surface area contributed by atoms with Gasteiger partial charge in [-0.2, -0.15) is 0 Å². The lowest BCUT2D eigenvalue weighted by molar-refractivity contribution is 0.0973. The van der Waals surface area contributed by atoms with Gasteiger partial charge in [0.05, 0.1) is 12.4 Å². The molecule has 19 heavy (non-hydrogen) atoms. The first-order valence-corrected chi connectivity index (χ1v) is 7.74. The standard InChI is InChI=1S/C15H18N2OS/c1-2-4-12(17-8-7-16-10-17)15-9-11-13(18)5-3-6-14(11)19-15/h7-10,12H,2-6H2,1H3. The molecule has 3 rings (SSSR count). The van der Waals surface area contributed by atoms with Crippen molar-refractivity contribution in [3.8, 4) is 0 Å². The SMILES string of the molecule is CCCC(c1cc2c(s1)CCCC2=O)n1ccnc1. The highest BCUT2D eigenvalue weighted by Crippen LogP contribution is 2.36. The van der Waals surface area contributed by atoms with Crippen molar-refractivity contribution in [3.63, 3.8) is 0 Å². The molecule has 3 nitrogen and oxygen atoms in total. The van der Waals surface area contributed by atoms with Crippen LogP contribution in [0.3, 0.4) is 0 Å². The smallest absolute Gasteiger partial charge is 0.164 e. The van der Waals surface area contributed by atoms with Crippen LogP contribution in [0.25, 0.3) is 0 Å². The van der Waals surface area contributed by atoms with E-state index >= 15 is 0 Å². The zero-order chi connectivity index (χ0) is 13.2. The number of hydrogen-bond donors (Lipinski definition) is 0. The molecule has 0 amide bonds. The maximum absolute atomic E-state index is 12.0. The molecule has 1 aliphatic rings. The van der Waals surface area contributed by atoms with Crippen LogP contribution >= 0.6 is 11.3 Å².